The van der Waals surface area contributed by atoms with E-state index in [2.05, 4.69) is 54.7 Å². The van der Waals surface area contributed by atoms with Crippen LogP contribution in [0.15, 0.2) is 42.5 Å². The van der Waals surface area contributed by atoms with Gasteiger partial charge in [0.1, 0.15) is 0 Å². The Balaban J connectivity index is 1.78. The Kier molecular flexibility index (Phi) is 4.37. The molecule has 106 valence electrons. The fourth-order valence-corrected chi connectivity index (χ4v) is 3.65. The highest BCUT2D eigenvalue weighted by Gasteiger charge is 2.24. The Labute approximate surface area is 122 Å². The molecule has 1 fully saturated rings. The Bertz CT molecular complexity index is 554. The van der Waals surface area contributed by atoms with E-state index in [1.54, 1.807) is 0 Å². The fraction of sp³-hybridized carbons (Fsp3) is 0.474. The van der Waals surface area contributed by atoms with Crippen LogP contribution < -0.4 is 5.32 Å². The monoisotopic (exact) mass is 267 g/mol. The normalized spacial score (nSPS) is 17.6. The number of hydrogen-bond acceptors (Lipinski definition) is 1. The van der Waals surface area contributed by atoms with Gasteiger partial charge in [0, 0.05) is 6.04 Å². The molecule has 0 saturated heterocycles. The molecule has 0 heterocycles. The van der Waals surface area contributed by atoms with E-state index in [1.165, 1.54) is 48.4 Å². The first-order chi connectivity index (χ1) is 9.86. The van der Waals surface area contributed by atoms with Gasteiger partial charge in [-0.2, -0.15) is 0 Å². The first kappa shape index (κ1) is 13.6. The molecule has 0 radical (unpaired) electrons. The quantitative estimate of drug-likeness (QED) is 0.838. The predicted molar refractivity (Wildman–Crippen MR) is 87.1 cm³/mol. The van der Waals surface area contributed by atoms with Gasteiger partial charge in [-0.25, -0.2) is 0 Å². The molecule has 1 N–H and O–H groups in total. The highest BCUT2D eigenvalue weighted by Crippen LogP contribution is 2.29. The van der Waals surface area contributed by atoms with Gasteiger partial charge in [-0.15, -0.1) is 0 Å². The second-order valence-electron chi connectivity index (χ2n) is 6.09. The minimum Gasteiger partial charge on any atom is -0.314 e. The molecule has 0 spiro atoms. The van der Waals surface area contributed by atoms with Crippen molar-refractivity contribution in [2.45, 2.75) is 45.1 Å². The van der Waals surface area contributed by atoms with Crippen LogP contribution in [-0.4, -0.2) is 12.6 Å². The van der Waals surface area contributed by atoms with E-state index >= 15 is 0 Å². The summed E-state index contributed by atoms with van der Waals surface area (Å²) < 4.78 is 0. The lowest BCUT2D eigenvalue weighted by Gasteiger charge is -2.24. The Morgan fingerprint density at radius 2 is 1.80 bits per heavy atom. The van der Waals surface area contributed by atoms with E-state index in [4.69, 9.17) is 0 Å². The highest BCUT2D eigenvalue weighted by atomic mass is 14.9. The van der Waals surface area contributed by atoms with Crippen molar-refractivity contribution in [3.8, 4) is 0 Å². The summed E-state index contributed by atoms with van der Waals surface area (Å²) in [7, 11) is 0. The smallest absolute Gasteiger partial charge is 0.0136 e. The molecule has 1 aliphatic rings. The number of likely N-dealkylation sites (N-methyl/N-ethyl adjacent to an activating group) is 1. The third-order valence-electron chi connectivity index (χ3n) is 4.70. The number of benzene rings is 2. The first-order valence-corrected chi connectivity index (χ1v) is 8.08. The number of hydrogen-bond donors (Lipinski definition) is 1. The fourth-order valence-electron chi connectivity index (χ4n) is 3.65. The van der Waals surface area contributed by atoms with Gasteiger partial charge in [-0.1, -0.05) is 62.2 Å². The standard InChI is InChI=1S/C19H25N/c1-2-20-19(17-8-4-5-9-17)14-15-11-12-16-7-3-6-10-18(16)13-15/h3,6-7,10-13,17,19-20H,2,4-5,8-9,14H2,1H3. The van der Waals surface area contributed by atoms with E-state index < -0.39 is 0 Å². The molecule has 3 rings (SSSR count). The number of nitrogens with one attached hydrogen (secondary N) is 1. The Hall–Kier alpha value is -1.34. The molecular weight excluding hydrogens is 242 g/mol. The molecule has 20 heavy (non-hydrogen) atoms. The van der Waals surface area contributed by atoms with Crippen LogP contribution in [0.4, 0.5) is 0 Å². The van der Waals surface area contributed by atoms with Gasteiger partial charge in [0.15, 0.2) is 0 Å². The molecule has 1 atom stereocenters. The Morgan fingerprint density at radius 1 is 1.05 bits per heavy atom. The van der Waals surface area contributed by atoms with Gasteiger partial charge < -0.3 is 5.32 Å². The second kappa shape index (κ2) is 6.41. The van der Waals surface area contributed by atoms with Crippen LogP contribution >= 0.6 is 0 Å². The van der Waals surface area contributed by atoms with Crippen molar-refractivity contribution in [3.05, 3.63) is 48.0 Å². The highest BCUT2D eigenvalue weighted by molar-refractivity contribution is 5.82. The molecule has 2 aromatic rings. The van der Waals surface area contributed by atoms with Crippen LogP contribution in [-0.2, 0) is 6.42 Å². The summed E-state index contributed by atoms with van der Waals surface area (Å²) in [4.78, 5) is 0. The SMILES string of the molecule is CCNC(Cc1ccc2ccccc2c1)C1CCCC1. The van der Waals surface area contributed by atoms with Crippen molar-refractivity contribution in [2.75, 3.05) is 6.54 Å². The van der Waals surface area contributed by atoms with Gasteiger partial charge in [0.25, 0.3) is 0 Å². The number of fused-ring (bicyclic) bond motifs is 1. The maximum atomic E-state index is 3.72. The predicted octanol–water partition coefficient (Wildman–Crippen LogP) is 4.55. The minimum atomic E-state index is 0.656. The van der Waals surface area contributed by atoms with E-state index in [0.29, 0.717) is 6.04 Å². The van der Waals surface area contributed by atoms with Crippen molar-refractivity contribution in [2.24, 2.45) is 5.92 Å². The van der Waals surface area contributed by atoms with Crippen LogP contribution in [0, 0.1) is 5.92 Å². The summed E-state index contributed by atoms with van der Waals surface area (Å²) in [6.07, 6.45) is 6.83. The summed E-state index contributed by atoms with van der Waals surface area (Å²) in [6.45, 7) is 3.30. The van der Waals surface area contributed by atoms with Gasteiger partial charge in [0.05, 0.1) is 0 Å². The average Bonchev–Trinajstić information content (AvgIpc) is 3.01. The molecule has 1 nitrogen and oxygen atoms in total. The van der Waals surface area contributed by atoms with Crippen molar-refractivity contribution >= 4 is 10.8 Å². The van der Waals surface area contributed by atoms with E-state index in [0.717, 1.165) is 12.5 Å². The molecule has 0 amide bonds. The molecule has 1 unspecified atom stereocenters. The second-order valence-corrected chi connectivity index (χ2v) is 6.09. The van der Waals surface area contributed by atoms with Gasteiger partial charge in [-0.05, 0) is 48.1 Å². The molecule has 1 aliphatic carbocycles. The molecule has 0 aromatic heterocycles. The van der Waals surface area contributed by atoms with Crippen LogP contribution in [0.25, 0.3) is 10.8 Å². The van der Waals surface area contributed by atoms with Crippen molar-refractivity contribution in [1.29, 1.82) is 0 Å². The average molecular weight is 267 g/mol. The largest absolute Gasteiger partial charge is 0.314 e. The Morgan fingerprint density at radius 3 is 2.55 bits per heavy atom. The summed E-state index contributed by atoms with van der Waals surface area (Å²) in [5, 5.41) is 6.43. The van der Waals surface area contributed by atoms with Crippen LogP contribution in [0.1, 0.15) is 38.2 Å². The summed E-state index contributed by atoms with van der Waals surface area (Å²) in [5.74, 6) is 0.876. The molecule has 2 aromatic carbocycles. The molecule has 0 aliphatic heterocycles. The van der Waals surface area contributed by atoms with E-state index in [1.807, 2.05) is 0 Å². The molecular formula is C19H25N. The molecule has 1 saturated carbocycles. The maximum absolute atomic E-state index is 3.72. The zero-order chi connectivity index (χ0) is 13.8. The lowest BCUT2D eigenvalue weighted by molar-refractivity contribution is 0.362. The zero-order valence-electron chi connectivity index (χ0n) is 12.4. The topological polar surface area (TPSA) is 12.0 Å². The lowest BCUT2D eigenvalue weighted by atomic mass is 9.91. The third kappa shape index (κ3) is 3.04. The van der Waals surface area contributed by atoms with Gasteiger partial charge >= 0.3 is 0 Å². The zero-order valence-corrected chi connectivity index (χ0v) is 12.4. The summed E-state index contributed by atoms with van der Waals surface area (Å²) >= 11 is 0. The van der Waals surface area contributed by atoms with E-state index in [9.17, 15) is 0 Å². The van der Waals surface area contributed by atoms with Crippen LogP contribution in [0.5, 0.6) is 0 Å². The first-order valence-electron chi connectivity index (χ1n) is 8.08. The third-order valence-corrected chi connectivity index (χ3v) is 4.70. The van der Waals surface area contributed by atoms with E-state index in [-0.39, 0.29) is 0 Å². The summed E-state index contributed by atoms with van der Waals surface area (Å²) in [6, 6.07) is 16.3. The maximum Gasteiger partial charge on any atom is 0.0136 e. The number of rotatable bonds is 5. The van der Waals surface area contributed by atoms with Crippen molar-refractivity contribution in [1.82, 2.24) is 5.32 Å². The van der Waals surface area contributed by atoms with Crippen molar-refractivity contribution in [3.63, 3.8) is 0 Å². The molecule has 0 bridgehead atoms. The van der Waals surface area contributed by atoms with Crippen molar-refractivity contribution < 1.29 is 0 Å². The van der Waals surface area contributed by atoms with Gasteiger partial charge in [0.2, 0.25) is 0 Å². The van der Waals surface area contributed by atoms with Crippen LogP contribution in [0.3, 0.4) is 0 Å². The van der Waals surface area contributed by atoms with Crippen LogP contribution in [0.2, 0.25) is 0 Å². The molecule has 1 heteroatoms. The lowest BCUT2D eigenvalue weighted by Crippen LogP contribution is -2.36. The van der Waals surface area contributed by atoms with Gasteiger partial charge in [-0.3, -0.25) is 0 Å². The minimum absolute atomic E-state index is 0.656. The summed E-state index contributed by atoms with van der Waals surface area (Å²) in [5.41, 5.74) is 1.47.